The minimum absolute atomic E-state index is 0.308. The number of rotatable bonds is 7. The second kappa shape index (κ2) is 7.20. The number of aromatic nitrogens is 1. The molecule has 0 N–H and O–H groups in total. The zero-order valence-corrected chi connectivity index (χ0v) is 14.3. The molecule has 1 aromatic carbocycles. The van der Waals surface area contributed by atoms with E-state index in [1.807, 2.05) is 25.1 Å². The van der Waals surface area contributed by atoms with Gasteiger partial charge in [0, 0.05) is 24.7 Å². The van der Waals surface area contributed by atoms with Crippen LogP contribution in [0, 0.1) is 5.92 Å². The zero-order valence-electron chi connectivity index (χ0n) is 13.5. The van der Waals surface area contributed by atoms with Crippen LogP contribution in [0.1, 0.15) is 33.6 Å². The molecule has 2 rings (SSSR count). The van der Waals surface area contributed by atoms with Crippen molar-refractivity contribution in [3.63, 3.8) is 0 Å². The van der Waals surface area contributed by atoms with Crippen molar-refractivity contribution in [2.24, 2.45) is 5.92 Å². The Labute approximate surface area is 133 Å². The van der Waals surface area contributed by atoms with E-state index in [9.17, 15) is 8.42 Å². The quantitative estimate of drug-likeness (QED) is 0.782. The summed E-state index contributed by atoms with van der Waals surface area (Å²) in [5.41, 5.74) is 0.552. The molecule has 0 aliphatic rings. The van der Waals surface area contributed by atoms with E-state index >= 15 is 0 Å². The largest absolute Gasteiger partial charge is 0.255 e. The first-order chi connectivity index (χ1) is 10.5. The van der Waals surface area contributed by atoms with Gasteiger partial charge < -0.3 is 0 Å². The van der Waals surface area contributed by atoms with Crippen LogP contribution in [0.2, 0.25) is 0 Å². The summed E-state index contributed by atoms with van der Waals surface area (Å²) in [4.78, 5) is 4.59. The standard InChI is InChI=1S/C17H24N2O2S/c1-4-12-19(13-10-14(2)3)22(20,21)16-9-5-7-15-8-6-11-18-17(15)16/h5-9,11,14H,4,10,12-13H2,1-3H3. The normalized spacial score (nSPS) is 12.4. The Kier molecular flexibility index (Phi) is 5.53. The maximum Gasteiger partial charge on any atom is 0.245 e. The Hall–Kier alpha value is -1.46. The van der Waals surface area contributed by atoms with Crippen molar-refractivity contribution in [3.8, 4) is 0 Å². The van der Waals surface area contributed by atoms with Crippen molar-refractivity contribution in [2.75, 3.05) is 13.1 Å². The number of nitrogens with zero attached hydrogens (tertiary/aromatic N) is 2. The minimum Gasteiger partial charge on any atom is -0.255 e. The third-order valence-electron chi connectivity index (χ3n) is 3.64. The van der Waals surface area contributed by atoms with Crippen molar-refractivity contribution in [2.45, 2.75) is 38.5 Å². The third-order valence-corrected chi connectivity index (χ3v) is 5.57. The van der Waals surface area contributed by atoms with Gasteiger partial charge in [-0.1, -0.05) is 39.0 Å². The molecule has 0 atom stereocenters. The molecule has 4 nitrogen and oxygen atoms in total. The maximum absolute atomic E-state index is 13.0. The number of hydrogen-bond acceptors (Lipinski definition) is 3. The van der Waals surface area contributed by atoms with E-state index in [-0.39, 0.29) is 0 Å². The zero-order chi connectivity index (χ0) is 16.2. The predicted octanol–water partition coefficient (Wildman–Crippen LogP) is 3.68. The Morgan fingerprint density at radius 3 is 2.55 bits per heavy atom. The molecule has 2 aromatic rings. The van der Waals surface area contributed by atoms with E-state index in [0.717, 1.165) is 18.2 Å². The summed E-state index contributed by atoms with van der Waals surface area (Å²) in [6.07, 6.45) is 3.30. The molecule has 1 aromatic heterocycles. The van der Waals surface area contributed by atoms with Crippen LogP contribution < -0.4 is 0 Å². The molecule has 5 heteroatoms. The lowest BCUT2D eigenvalue weighted by Gasteiger charge is -2.23. The molecule has 0 radical (unpaired) electrons. The van der Waals surface area contributed by atoms with Crippen molar-refractivity contribution >= 4 is 20.9 Å². The van der Waals surface area contributed by atoms with Gasteiger partial charge in [0.25, 0.3) is 0 Å². The molecule has 0 fully saturated rings. The van der Waals surface area contributed by atoms with Crippen LogP contribution in [0.25, 0.3) is 10.9 Å². The summed E-state index contributed by atoms with van der Waals surface area (Å²) in [5, 5.41) is 0.851. The van der Waals surface area contributed by atoms with Crippen LogP contribution in [-0.2, 0) is 10.0 Å². The summed E-state index contributed by atoms with van der Waals surface area (Å²) in [5.74, 6) is 0.472. The van der Waals surface area contributed by atoms with Gasteiger partial charge in [-0.25, -0.2) is 8.42 Å². The van der Waals surface area contributed by atoms with Gasteiger partial charge in [-0.2, -0.15) is 4.31 Å². The smallest absolute Gasteiger partial charge is 0.245 e. The molecule has 0 amide bonds. The Morgan fingerprint density at radius 1 is 1.14 bits per heavy atom. The number of sulfonamides is 1. The van der Waals surface area contributed by atoms with Crippen molar-refractivity contribution in [1.29, 1.82) is 0 Å². The average molecular weight is 320 g/mol. The van der Waals surface area contributed by atoms with E-state index in [1.165, 1.54) is 0 Å². The summed E-state index contributed by atoms with van der Waals surface area (Å²) in [7, 11) is -3.51. The van der Waals surface area contributed by atoms with Gasteiger partial charge >= 0.3 is 0 Å². The lowest BCUT2D eigenvalue weighted by molar-refractivity contribution is 0.380. The van der Waals surface area contributed by atoms with E-state index in [1.54, 1.807) is 22.6 Å². The Bertz CT molecular complexity index is 721. The molecule has 0 spiro atoms. The number of hydrogen-bond donors (Lipinski definition) is 0. The van der Waals surface area contributed by atoms with Crippen LogP contribution in [0.5, 0.6) is 0 Å². The molecule has 0 aliphatic carbocycles. The van der Waals surface area contributed by atoms with Crippen LogP contribution in [0.15, 0.2) is 41.4 Å². The fraction of sp³-hybridized carbons (Fsp3) is 0.471. The average Bonchev–Trinajstić information content (AvgIpc) is 2.50. The highest BCUT2D eigenvalue weighted by Crippen LogP contribution is 2.24. The van der Waals surface area contributed by atoms with Crippen molar-refractivity contribution < 1.29 is 8.42 Å². The van der Waals surface area contributed by atoms with Gasteiger partial charge in [-0.3, -0.25) is 4.98 Å². The summed E-state index contributed by atoms with van der Waals surface area (Å²) in [6, 6.07) is 9.03. The molecule has 0 aliphatic heterocycles. The molecular weight excluding hydrogens is 296 g/mol. The van der Waals surface area contributed by atoms with Crippen LogP contribution in [0.3, 0.4) is 0 Å². The van der Waals surface area contributed by atoms with Gasteiger partial charge in [0.2, 0.25) is 10.0 Å². The molecule has 0 saturated carbocycles. The van der Waals surface area contributed by atoms with Crippen LogP contribution >= 0.6 is 0 Å². The topological polar surface area (TPSA) is 50.3 Å². The van der Waals surface area contributed by atoms with E-state index in [0.29, 0.717) is 29.4 Å². The SMILES string of the molecule is CCCN(CCC(C)C)S(=O)(=O)c1cccc2cccnc12. The second-order valence-electron chi connectivity index (χ2n) is 5.92. The molecule has 22 heavy (non-hydrogen) atoms. The van der Waals surface area contributed by atoms with Gasteiger partial charge in [0.1, 0.15) is 4.90 Å². The van der Waals surface area contributed by atoms with Gasteiger partial charge in [-0.15, -0.1) is 0 Å². The fourth-order valence-corrected chi connectivity index (χ4v) is 4.14. The molecule has 0 saturated heterocycles. The minimum atomic E-state index is -3.51. The van der Waals surface area contributed by atoms with E-state index in [2.05, 4.69) is 18.8 Å². The summed E-state index contributed by atoms with van der Waals surface area (Å²) < 4.78 is 27.7. The summed E-state index contributed by atoms with van der Waals surface area (Å²) >= 11 is 0. The van der Waals surface area contributed by atoms with Gasteiger partial charge in [0.05, 0.1) is 5.52 Å². The molecule has 1 heterocycles. The highest BCUT2D eigenvalue weighted by molar-refractivity contribution is 7.89. The third kappa shape index (κ3) is 3.65. The number of fused-ring (bicyclic) bond motifs is 1. The highest BCUT2D eigenvalue weighted by Gasteiger charge is 2.26. The van der Waals surface area contributed by atoms with E-state index in [4.69, 9.17) is 0 Å². The number of para-hydroxylation sites is 1. The first-order valence-corrected chi connectivity index (χ1v) is 9.24. The Balaban J connectivity index is 2.45. The predicted molar refractivity (Wildman–Crippen MR) is 90.2 cm³/mol. The first kappa shape index (κ1) is 16.9. The lowest BCUT2D eigenvalue weighted by Crippen LogP contribution is -2.33. The van der Waals surface area contributed by atoms with Gasteiger partial charge in [-0.05, 0) is 30.9 Å². The highest BCUT2D eigenvalue weighted by atomic mass is 32.2. The molecule has 0 unspecified atom stereocenters. The van der Waals surface area contributed by atoms with E-state index < -0.39 is 10.0 Å². The number of pyridine rings is 1. The maximum atomic E-state index is 13.0. The molecule has 0 bridgehead atoms. The number of benzene rings is 1. The van der Waals surface area contributed by atoms with Crippen molar-refractivity contribution in [3.05, 3.63) is 36.5 Å². The first-order valence-electron chi connectivity index (χ1n) is 7.80. The van der Waals surface area contributed by atoms with Gasteiger partial charge in [0.15, 0.2) is 0 Å². The van der Waals surface area contributed by atoms with Crippen molar-refractivity contribution in [1.82, 2.24) is 9.29 Å². The fourth-order valence-electron chi connectivity index (χ4n) is 2.43. The second-order valence-corrected chi connectivity index (χ2v) is 7.82. The van der Waals surface area contributed by atoms with Crippen LogP contribution in [0.4, 0.5) is 0 Å². The molecule has 120 valence electrons. The lowest BCUT2D eigenvalue weighted by atomic mass is 10.1. The monoisotopic (exact) mass is 320 g/mol. The van der Waals surface area contributed by atoms with Crippen LogP contribution in [-0.4, -0.2) is 30.8 Å². The summed E-state index contributed by atoms with van der Waals surface area (Å²) in [6.45, 7) is 7.31. The molecular formula is C17H24N2O2S. The Morgan fingerprint density at radius 2 is 1.86 bits per heavy atom.